The van der Waals surface area contributed by atoms with Crippen molar-refractivity contribution in [3.8, 4) is 0 Å². The third kappa shape index (κ3) is 5.83. The molecule has 0 aromatic heterocycles. The van der Waals surface area contributed by atoms with Gasteiger partial charge in [-0.1, -0.05) is 66.2 Å². The molecule has 0 aliphatic heterocycles. The molecule has 264 valence electrons. The van der Waals surface area contributed by atoms with Gasteiger partial charge in [0.25, 0.3) is 0 Å². The number of esters is 1. The zero-order valence-corrected chi connectivity index (χ0v) is 31.7. The Balaban J connectivity index is 1.52. The molecule has 1 N–H and O–H groups in total. The maximum Gasteiger partial charge on any atom is 0.302 e. The molecule has 2 amide bonds. The molecule has 5 aliphatic rings. The lowest BCUT2D eigenvalue weighted by Gasteiger charge is -2.71. The highest BCUT2D eigenvalue weighted by molar-refractivity contribution is 5.89. The van der Waals surface area contributed by atoms with Crippen LogP contribution in [0.15, 0.2) is 24.3 Å². The van der Waals surface area contributed by atoms with Crippen LogP contribution in [0.2, 0.25) is 0 Å². The molecule has 5 rings (SSSR count). The van der Waals surface area contributed by atoms with Gasteiger partial charge in [0.2, 0.25) is 11.8 Å². The number of nitrogens with zero attached hydrogens (tertiary/aromatic N) is 1. The molecule has 0 spiro atoms. The number of nitrogens with one attached hydrogen (secondary N) is 1. The highest BCUT2D eigenvalue weighted by atomic mass is 16.5. The van der Waals surface area contributed by atoms with Crippen LogP contribution in [0, 0.1) is 50.2 Å². The Labute approximate surface area is 286 Å². The third-order valence-electron chi connectivity index (χ3n) is 14.8. The van der Waals surface area contributed by atoms with Crippen LogP contribution in [0.4, 0.5) is 0 Å². The van der Waals surface area contributed by atoms with Crippen molar-refractivity contribution in [1.29, 1.82) is 0 Å². The molecule has 5 aliphatic carbocycles. The van der Waals surface area contributed by atoms with Crippen LogP contribution in [0.25, 0.3) is 0 Å². The minimum Gasteiger partial charge on any atom is -0.462 e. The van der Waals surface area contributed by atoms with E-state index in [1.807, 2.05) is 20.8 Å². The summed E-state index contributed by atoms with van der Waals surface area (Å²) in [5.41, 5.74) is 1.08. The van der Waals surface area contributed by atoms with Crippen LogP contribution in [0.1, 0.15) is 140 Å². The Morgan fingerprint density at radius 1 is 0.957 bits per heavy atom. The Kier molecular flexibility index (Phi) is 9.05. The van der Waals surface area contributed by atoms with E-state index in [0.717, 1.165) is 64.2 Å². The molecule has 0 aromatic carbocycles. The summed E-state index contributed by atoms with van der Waals surface area (Å²) in [4.78, 5) is 42.0. The maximum absolute atomic E-state index is 15.0. The van der Waals surface area contributed by atoms with Crippen molar-refractivity contribution in [3.63, 3.8) is 0 Å². The van der Waals surface area contributed by atoms with Gasteiger partial charge in [-0.3, -0.25) is 14.4 Å². The molecule has 0 radical (unpaired) electrons. The minimum absolute atomic E-state index is 0.00944. The summed E-state index contributed by atoms with van der Waals surface area (Å²) in [5.74, 6) is 1.09. The van der Waals surface area contributed by atoms with E-state index in [2.05, 4.69) is 66.4 Å². The smallest absolute Gasteiger partial charge is 0.302 e. The average Bonchev–Trinajstić information content (AvgIpc) is 2.93. The van der Waals surface area contributed by atoms with Gasteiger partial charge in [0.1, 0.15) is 6.10 Å². The standard InChI is InChI=1S/C41H66N2O4/c1-13-24-43(26-33(45)42-35(3,4)5)34(46)41-22-20-36(6,7)25-29(41)28-14-15-31-38(10)18-17-32(47-27(2)44)37(8,9)30(38)16-19-40(31,12)39(28,11)21-23-41/h13-14,29-32H,1,15-26H2,2-12H3,(H,42,45)/t29-,30-,31+,32-,38-,39+,40+,41-/m0/s1. The van der Waals surface area contributed by atoms with Gasteiger partial charge >= 0.3 is 5.97 Å². The van der Waals surface area contributed by atoms with Crippen LogP contribution in [-0.2, 0) is 19.1 Å². The molecule has 6 heteroatoms. The second-order valence-corrected chi connectivity index (χ2v) is 19.6. The number of rotatable bonds is 6. The molecule has 0 saturated heterocycles. The first-order valence-electron chi connectivity index (χ1n) is 18.7. The molecule has 4 saturated carbocycles. The topological polar surface area (TPSA) is 75.7 Å². The number of ether oxygens (including phenoxy) is 1. The molecule has 0 heterocycles. The first kappa shape index (κ1) is 36.2. The Hall–Kier alpha value is -2.11. The lowest BCUT2D eigenvalue weighted by molar-refractivity contribution is -0.212. The average molecular weight is 651 g/mol. The zero-order valence-electron chi connectivity index (χ0n) is 31.7. The Morgan fingerprint density at radius 2 is 1.62 bits per heavy atom. The normalized spacial score (nSPS) is 40.3. The summed E-state index contributed by atoms with van der Waals surface area (Å²) >= 11 is 0. The van der Waals surface area contributed by atoms with Gasteiger partial charge in [-0.2, -0.15) is 0 Å². The summed E-state index contributed by atoms with van der Waals surface area (Å²) < 4.78 is 5.95. The maximum atomic E-state index is 15.0. The molecule has 47 heavy (non-hydrogen) atoms. The van der Waals surface area contributed by atoms with Gasteiger partial charge in [0.15, 0.2) is 0 Å². The number of allylic oxidation sites excluding steroid dienone is 2. The lowest BCUT2D eigenvalue weighted by Crippen LogP contribution is -2.66. The van der Waals surface area contributed by atoms with Gasteiger partial charge in [-0.15, -0.1) is 6.58 Å². The van der Waals surface area contributed by atoms with Crippen LogP contribution in [0.5, 0.6) is 0 Å². The molecular formula is C41H66N2O4. The second kappa shape index (κ2) is 11.8. The van der Waals surface area contributed by atoms with Gasteiger partial charge in [-0.05, 0) is 124 Å². The van der Waals surface area contributed by atoms with E-state index in [-0.39, 0.29) is 69.0 Å². The van der Waals surface area contributed by atoms with E-state index >= 15 is 0 Å². The number of carbonyl (C=O) groups is 3. The fourth-order valence-electron chi connectivity index (χ4n) is 12.3. The number of hydrogen-bond acceptors (Lipinski definition) is 4. The van der Waals surface area contributed by atoms with E-state index < -0.39 is 5.41 Å². The SMILES string of the molecule is C=CCN(CC(=O)NC(C)(C)C)C(=O)[C@]12CCC(C)(C)C[C@H]1C1=CC[C@@H]3[C@@]4(C)CC[C@H](OC(C)=O)C(C)(C)[C@@H]4CC[C@@]3(C)[C@]1(C)CC2. The second-order valence-electron chi connectivity index (χ2n) is 19.6. The predicted molar refractivity (Wildman–Crippen MR) is 189 cm³/mol. The Morgan fingerprint density at radius 3 is 2.23 bits per heavy atom. The van der Waals surface area contributed by atoms with Crippen molar-refractivity contribution in [2.75, 3.05) is 13.1 Å². The highest BCUT2D eigenvalue weighted by Crippen LogP contribution is 2.76. The van der Waals surface area contributed by atoms with E-state index in [9.17, 15) is 14.4 Å². The van der Waals surface area contributed by atoms with Gasteiger partial charge in [0.05, 0.1) is 12.0 Å². The largest absolute Gasteiger partial charge is 0.462 e. The van der Waals surface area contributed by atoms with Crippen molar-refractivity contribution in [2.45, 2.75) is 152 Å². The van der Waals surface area contributed by atoms with Crippen LogP contribution >= 0.6 is 0 Å². The van der Waals surface area contributed by atoms with Crippen LogP contribution in [-0.4, -0.2) is 47.4 Å². The summed E-state index contributed by atoms with van der Waals surface area (Å²) in [6, 6.07) is 0. The molecule has 0 aromatic rings. The molecule has 8 atom stereocenters. The fourth-order valence-corrected chi connectivity index (χ4v) is 12.3. The molecule has 0 unspecified atom stereocenters. The summed E-state index contributed by atoms with van der Waals surface area (Å²) in [6.07, 6.45) is 14.5. The first-order chi connectivity index (χ1) is 21.6. The van der Waals surface area contributed by atoms with Crippen LogP contribution < -0.4 is 5.32 Å². The van der Waals surface area contributed by atoms with Crippen molar-refractivity contribution < 1.29 is 19.1 Å². The summed E-state index contributed by atoms with van der Waals surface area (Å²) in [5, 5.41) is 3.08. The van der Waals surface area contributed by atoms with Crippen molar-refractivity contribution in [3.05, 3.63) is 24.3 Å². The third-order valence-corrected chi connectivity index (χ3v) is 14.8. The number of amides is 2. The van der Waals surface area contributed by atoms with Crippen molar-refractivity contribution in [2.24, 2.45) is 50.2 Å². The van der Waals surface area contributed by atoms with E-state index in [1.165, 1.54) is 5.57 Å². The predicted octanol–water partition coefficient (Wildman–Crippen LogP) is 8.65. The quantitative estimate of drug-likeness (QED) is 0.231. The number of carbonyl (C=O) groups excluding carboxylic acids is 3. The van der Waals surface area contributed by atoms with E-state index in [4.69, 9.17) is 4.74 Å². The highest BCUT2D eigenvalue weighted by Gasteiger charge is 2.69. The first-order valence-corrected chi connectivity index (χ1v) is 18.7. The Bertz CT molecular complexity index is 1320. The number of fused-ring (bicyclic) bond motifs is 7. The molecule has 4 fully saturated rings. The molecule has 0 bridgehead atoms. The van der Waals surface area contributed by atoms with Crippen molar-refractivity contribution >= 4 is 17.8 Å². The molecular weight excluding hydrogens is 584 g/mol. The fraction of sp³-hybridized carbons (Fsp3) is 0.829. The number of hydrogen-bond donors (Lipinski definition) is 1. The van der Waals surface area contributed by atoms with Gasteiger partial charge in [0, 0.05) is 24.4 Å². The van der Waals surface area contributed by atoms with E-state index in [1.54, 1.807) is 17.9 Å². The molecule has 6 nitrogen and oxygen atoms in total. The summed E-state index contributed by atoms with van der Waals surface area (Å²) in [6.45, 7) is 29.1. The minimum atomic E-state index is -0.486. The van der Waals surface area contributed by atoms with Crippen molar-refractivity contribution in [1.82, 2.24) is 10.2 Å². The van der Waals surface area contributed by atoms with E-state index in [0.29, 0.717) is 18.4 Å². The zero-order chi connectivity index (χ0) is 35.0. The monoisotopic (exact) mass is 651 g/mol. The van der Waals surface area contributed by atoms with Gasteiger partial charge < -0.3 is 15.0 Å². The van der Waals surface area contributed by atoms with Gasteiger partial charge in [-0.25, -0.2) is 0 Å². The van der Waals surface area contributed by atoms with Crippen LogP contribution in [0.3, 0.4) is 0 Å². The summed E-state index contributed by atoms with van der Waals surface area (Å²) in [7, 11) is 0. The lowest BCUT2D eigenvalue weighted by atomic mass is 9.33.